The number of carbonyl (C=O) groups excluding carboxylic acids is 2. The van der Waals surface area contributed by atoms with Gasteiger partial charge in [-0.15, -0.1) is 0 Å². The number of likely N-dealkylation sites (tertiary alicyclic amines) is 1. The molecule has 1 atom stereocenters. The van der Waals surface area contributed by atoms with E-state index in [1.165, 1.54) is 0 Å². The second kappa shape index (κ2) is 7.69. The van der Waals surface area contributed by atoms with Crippen molar-refractivity contribution in [3.8, 4) is 5.75 Å². The zero-order valence-corrected chi connectivity index (χ0v) is 14.3. The lowest BCUT2D eigenvalue weighted by Gasteiger charge is -2.21. The fourth-order valence-corrected chi connectivity index (χ4v) is 3.13. The highest BCUT2D eigenvalue weighted by atomic mass is 16.5. The van der Waals surface area contributed by atoms with Crippen molar-refractivity contribution in [3.05, 3.63) is 29.8 Å². The number of nitrogens with zero attached hydrogens (tertiary/aromatic N) is 1. The van der Waals surface area contributed by atoms with Crippen LogP contribution in [0.1, 0.15) is 50.6 Å². The van der Waals surface area contributed by atoms with Gasteiger partial charge in [0.05, 0.1) is 6.04 Å². The first-order valence-corrected chi connectivity index (χ1v) is 8.99. The van der Waals surface area contributed by atoms with Crippen LogP contribution in [-0.2, 0) is 9.59 Å². The Bertz CT molecular complexity index is 592. The monoisotopic (exact) mass is 330 g/mol. The molecule has 24 heavy (non-hydrogen) atoms. The maximum absolute atomic E-state index is 12.2. The molecule has 2 aliphatic rings. The van der Waals surface area contributed by atoms with E-state index in [4.69, 9.17) is 4.74 Å². The van der Waals surface area contributed by atoms with Crippen LogP contribution < -0.4 is 10.1 Å². The molecule has 0 bridgehead atoms. The quantitative estimate of drug-likeness (QED) is 0.836. The van der Waals surface area contributed by atoms with Crippen molar-refractivity contribution in [2.75, 3.05) is 19.7 Å². The molecule has 1 heterocycles. The topological polar surface area (TPSA) is 58.6 Å². The molecule has 1 aliphatic carbocycles. The van der Waals surface area contributed by atoms with E-state index in [0.717, 1.165) is 50.8 Å². The SMILES string of the molecule is CC[C@@H](NC(=O)C1CC1)c1ccccc1OCC(=O)N1CCCC1. The van der Waals surface area contributed by atoms with Crippen LogP contribution in [0.4, 0.5) is 0 Å². The van der Waals surface area contributed by atoms with Gasteiger partial charge in [0.25, 0.3) is 5.91 Å². The maximum atomic E-state index is 12.2. The van der Waals surface area contributed by atoms with Gasteiger partial charge in [-0.25, -0.2) is 0 Å². The Balaban J connectivity index is 1.64. The molecule has 130 valence electrons. The van der Waals surface area contributed by atoms with E-state index in [1.807, 2.05) is 36.1 Å². The maximum Gasteiger partial charge on any atom is 0.260 e. The highest BCUT2D eigenvalue weighted by Crippen LogP contribution is 2.32. The zero-order valence-electron chi connectivity index (χ0n) is 14.3. The summed E-state index contributed by atoms with van der Waals surface area (Å²) in [4.78, 5) is 26.1. The van der Waals surface area contributed by atoms with Crippen LogP contribution >= 0.6 is 0 Å². The summed E-state index contributed by atoms with van der Waals surface area (Å²) < 4.78 is 5.81. The van der Waals surface area contributed by atoms with Gasteiger partial charge < -0.3 is 15.0 Å². The van der Waals surface area contributed by atoms with Crippen molar-refractivity contribution in [1.82, 2.24) is 10.2 Å². The average Bonchev–Trinajstić information content (AvgIpc) is 3.32. The second-order valence-corrected chi connectivity index (χ2v) is 6.66. The van der Waals surface area contributed by atoms with Crippen molar-refractivity contribution in [1.29, 1.82) is 0 Å². The molecule has 5 heteroatoms. The van der Waals surface area contributed by atoms with E-state index in [9.17, 15) is 9.59 Å². The molecule has 0 unspecified atom stereocenters. The molecule has 1 aromatic rings. The molecule has 5 nitrogen and oxygen atoms in total. The molecule has 1 saturated carbocycles. The summed E-state index contributed by atoms with van der Waals surface area (Å²) in [6, 6.07) is 7.61. The van der Waals surface area contributed by atoms with E-state index >= 15 is 0 Å². The summed E-state index contributed by atoms with van der Waals surface area (Å²) in [6.45, 7) is 3.77. The molecule has 1 saturated heterocycles. The summed E-state index contributed by atoms with van der Waals surface area (Å²) in [5, 5.41) is 3.11. The fourth-order valence-electron chi connectivity index (χ4n) is 3.13. The Hall–Kier alpha value is -2.04. The molecule has 1 aromatic carbocycles. The van der Waals surface area contributed by atoms with E-state index < -0.39 is 0 Å². The van der Waals surface area contributed by atoms with Crippen LogP contribution in [0.3, 0.4) is 0 Å². The van der Waals surface area contributed by atoms with Gasteiger partial charge in [0.2, 0.25) is 5.91 Å². The summed E-state index contributed by atoms with van der Waals surface area (Å²) in [5.41, 5.74) is 0.947. The number of hydrogen-bond donors (Lipinski definition) is 1. The standard InChI is InChI=1S/C19H26N2O3/c1-2-16(20-19(23)14-9-10-14)15-7-3-4-8-17(15)24-13-18(22)21-11-5-6-12-21/h3-4,7-8,14,16H,2,5-6,9-13H2,1H3,(H,20,23)/t16-/m1/s1. The van der Waals surface area contributed by atoms with Crippen LogP contribution in [0.5, 0.6) is 5.75 Å². The number of amides is 2. The molecule has 1 N–H and O–H groups in total. The second-order valence-electron chi connectivity index (χ2n) is 6.66. The molecule has 0 radical (unpaired) electrons. The van der Waals surface area contributed by atoms with Gasteiger partial charge in [0.1, 0.15) is 5.75 Å². The first-order valence-electron chi connectivity index (χ1n) is 8.99. The van der Waals surface area contributed by atoms with Gasteiger partial charge in [-0.2, -0.15) is 0 Å². The lowest BCUT2D eigenvalue weighted by molar-refractivity contribution is -0.132. The number of carbonyl (C=O) groups is 2. The third kappa shape index (κ3) is 4.08. The Labute approximate surface area is 143 Å². The minimum Gasteiger partial charge on any atom is -0.483 e. The highest BCUT2D eigenvalue weighted by Gasteiger charge is 2.31. The minimum absolute atomic E-state index is 0.0392. The Kier molecular flexibility index (Phi) is 5.38. The Morgan fingerprint density at radius 3 is 2.62 bits per heavy atom. The predicted octanol–water partition coefficient (Wildman–Crippen LogP) is 2.67. The largest absolute Gasteiger partial charge is 0.483 e. The van der Waals surface area contributed by atoms with Gasteiger partial charge in [0.15, 0.2) is 6.61 Å². The van der Waals surface area contributed by atoms with Gasteiger partial charge >= 0.3 is 0 Å². The normalized spacial score (nSPS) is 18.3. The average molecular weight is 330 g/mol. The molecular weight excluding hydrogens is 304 g/mol. The first-order chi connectivity index (χ1) is 11.7. The number of para-hydroxylation sites is 1. The number of rotatable bonds is 7. The van der Waals surface area contributed by atoms with Crippen LogP contribution in [0, 0.1) is 5.92 Å². The van der Waals surface area contributed by atoms with Crippen molar-refractivity contribution in [2.45, 2.75) is 45.1 Å². The Morgan fingerprint density at radius 2 is 1.96 bits per heavy atom. The molecule has 3 rings (SSSR count). The van der Waals surface area contributed by atoms with E-state index in [1.54, 1.807) is 0 Å². The van der Waals surface area contributed by atoms with Crippen LogP contribution in [0.2, 0.25) is 0 Å². The van der Waals surface area contributed by atoms with Crippen molar-refractivity contribution in [2.24, 2.45) is 5.92 Å². The van der Waals surface area contributed by atoms with Crippen LogP contribution in [-0.4, -0.2) is 36.4 Å². The van der Waals surface area contributed by atoms with Crippen molar-refractivity contribution >= 4 is 11.8 Å². The number of ether oxygens (including phenoxy) is 1. The number of hydrogen-bond acceptors (Lipinski definition) is 3. The van der Waals surface area contributed by atoms with Gasteiger partial charge in [0, 0.05) is 24.6 Å². The number of benzene rings is 1. The highest BCUT2D eigenvalue weighted by molar-refractivity contribution is 5.81. The number of nitrogens with one attached hydrogen (secondary N) is 1. The van der Waals surface area contributed by atoms with Gasteiger partial charge in [-0.1, -0.05) is 25.1 Å². The van der Waals surface area contributed by atoms with Crippen LogP contribution in [0.25, 0.3) is 0 Å². The minimum atomic E-state index is -0.0730. The first kappa shape index (κ1) is 16.8. The summed E-state index contributed by atoms with van der Waals surface area (Å²) in [5.74, 6) is 1.04. The smallest absolute Gasteiger partial charge is 0.260 e. The molecule has 0 spiro atoms. The predicted molar refractivity (Wildman–Crippen MR) is 91.6 cm³/mol. The lowest BCUT2D eigenvalue weighted by Crippen LogP contribution is -2.33. The fraction of sp³-hybridized carbons (Fsp3) is 0.579. The summed E-state index contributed by atoms with van der Waals surface area (Å²) >= 11 is 0. The summed E-state index contributed by atoms with van der Waals surface area (Å²) in [6.07, 6.45) is 4.93. The third-order valence-electron chi connectivity index (χ3n) is 4.78. The zero-order chi connectivity index (χ0) is 16.9. The van der Waals surface area contributed by atoms with E-state index in [0.29, 0.717) is 5.75 Å². The molecule has 0 aromatic heterocycles. The lowest BCUT2D eigenvalue weighted by atomic mass is 10.0. The van der Waals surface area contributed by atoms with Crippen molar-refractivity contribution in [3.63, 3.8) is 0 Å². The van der Waals surface area contributed by atoms with E-state index in [-0.39, 0.29) is 30.4 Å². The molecular formula is C19H26N2O3. The van der Waals surface area contributed by atoms with Gasteiger partial charge in [-0.3, -0.25) is 9.59 Å². The van der Waals surface area contributed by atoms with Crippen molar-refractivity contribution < 1.29 is 14.3 Å². The van der Waals surface area contributed by atoms with E-state index in [2.05, 4.69) is 5.32 Å². The van der Waals surface area contributed by atoms with Gasteiger partial charge in [-0.05, 0) is 38.2 Å². The molecule has 1 aliphatic heterocycles. The summed E-state index contributed by atoms with van der Waals surface area (Å²) in [7, 11) is 0. The molecule has 2 amide bonds. The third-order valence-corrected chi connectivity index (χ3v) is 4.78. The van der Waals surface area contributed by atoms with Crippen LogP contribution in [0.15, 0.2) is 24.3 Å². The molecule has 2 fully saturated rings. The Morgan fingerprint density at radius 1 is 1.25 bits per heavy atom.